The van der Waals surface area contributed by atoms with Crippen LogP contribution in [0.2, 0.25) is 0 Å². The Bertz CT molecular complexity index is 509. The first-order valence-corrected chi connectivity index (χ1v) is 6.92. The molecule has 2 rings (SSSR count). The third-order valence-corrected chi connectivity index (χ3v) is 3.80. The number of aromatic nitrogens is 2. The van der Waals surface area contributed by atoms with Gasteiger partial charge in [0.15, 0.2) is 0 Å². The Hall–Kier alpha value is -1.30. The predicted molar refractivity (Wildman–Crippen MR) is 74.2 cm³/mol. The lowest BCUT2D eigenvalue weighted by Crippen LogP contribution is -2.30. The number of thiazole rings is 1. The van der Waals surface area contributed by atoms with Crippen LogP contribution in [0.5, 0.6) is 0 Å². The standard InChI is InChI=1S/C13H18N4S/c1-3-10-7-15-5-4-12(10)13(17-14)6-11-8-18-9(2)16-11/h4-5,7-8,13,17H,3,6,14H2,1-2H3. The van der Waals surface area contributed by atoms with Gasteiger partial charge < -0.3 is 0 Å². The molecule has 0 saturated carbocycles. The Balaban J connectivity index is 2.22. The summed E-state index contributed by atoms with van der Waals surface area (Å²) in [6.07, 6.45) is 5.48. The largest absolute Gasteiger partial charge is 0.271 e. The summed E-state index contributed by atoms with van der Waals surface area (Å²) in [5.74, 6) is 5.69. The van der Waals surface area contributed by atoms with Crippen molar-refractivity contribution >= 4 is 11.3 Å². The van der Waals surface area contributed by atoms with Crippen LogP contribution in [0, 0.1) is 6.92 Å². The highest BCUT2D eigenvalue weighted by atomic mass is 32.1. The van der Waals surface area contributed by atoms with Crippen LogP contribution in [0.3, 0.4) is 0 Å². The van der Waals surface area contributed by atoms with Crippen molar-refractivity contribution in [3.05, 3.63) is 45.7 Å². The maximum atomic E-state index is 5.69. The van der Waals surface area contributed by atoms with Crippen LogP contribution in [-0.4, -0.2) is 9.97 Å². The lowest BCUT2D eigenvalue weighted by Gasteiger charge is -2.18. The summed E-state index contributed by atoms with van der Waals surface area (Å²) in [6, 6.07) is 2.12. The molecule has 3 N–H and O–H groups in total. The maximum Gasteiger partial charge on any atom is 0.0897 e. The number of nitrogens with zero attached hydrogens (tertiary/aromatic N) is 2. The molecule has 5 heteroatoms. The quantitative estimate of drug-likeness (QED) is 0.640. The summed E-state index contributed by atoms with van der Waals surface area (Å²) in [5, 5.41) is 3.18. The lowest BCUT2D eigenvalue weighted by molar-refractivity contribution is 0.542. The fourth-order valence-corrected chi connectivity index (χ4v) is 2.67. The Labute approximate surface area is 111 Å². The van der Waals surface area contributed by atoms with Gasteiger partial charge in [0.05, 0.1) is 16.7 Å². The summed E-state index contributed by atoms with van der Waals surface area (Å²) in [6.45, 7) is 4.14. The van der Waals surface area contributed by atoms with E-state index in [1.807, 2.05) is 25.4 Å². The Morgan fingerprint density at radius 3 is 2.94 bits per heavy atom. The molecule has 0 aliphatic carbocycles. The summed E-state index contributed by atoms with van der Waals surface area (Å²) < 4.78 is 0. The number of hydrogen-bond acceptors (Lipinski definition) is 5. The molecule has 0 aliphatic heterocycles. The van der Waals surface area contributed by atoms with Gasteiger partial charge in [-0.1, -0.05) is 6.92 Å². The number of rotatable bonds is 5. The zero-order valence-corrected chi connectivity index (χ0v) is 11.5. The number of pyridine rings is 1. The molecule has 18 heavy (non-hydrogen) atoms. The summed E-state index contributed by atoms with van der Waals surface area (Å²) in [5.41, 5.74) is 6.41. The SMILES string of the molecule is CCc1cnccc1C(Cc1csc(C)n1)NN. The van der Waals surface area contributed by atoms with Crippen molar-refractivity contribution in [2.45, 2.75) is 32.7 Å². The minimum absolute atomic E-state index is 0.0875. The number of aryl methyl sites for hydroxylation is 2. The predicted octanol–water partition coefficient (Wildman–Crippen LogP) is 2.16. The first-order valence-electron chi connectivity index (χ1n) is 6.04. The zero-order valence-electron chi connectivity index (χ0n) is 10.7. The van der Waals surface area contributed by atoms with E-state index in [0.29, 0.717) is 0 Å². The smallest absolute Gasteiger partial charge is 0.0897 e. The van der Waals surface area contributed by atoms with Gasteiger partial charge in [-0.3, -0.25) is 16.3 Å². The van der Waals surface area contributed by atoms with Gasteiger partial charge in [0.2, 0.25) is 0 Å². The Kier molecular flexibility index (Phi) is 4.41. The number of hydrogen-bond donors (Lipinski definition) is 2. The second-order valence-corrected chi connectivity index (χ2v) is 5.27. The molecule has 4 nitrogen and oxygen atoms in total. The third-order valence-electron chi connectivity index (χ3n) is 2.98. The van der Waals surface area contributed by atoms with Crippen LogP contribution in [0.15, 0.2) is 23.8 Å². The minimum Gasteiger partial charge on any atom is -0.271 e. The summed E-state index contributed by atoms with van der Waals surface area (Å²) in [7, 11) is 0. The van der Waals surface area contributed by atoms with Gasteiger partial charge in [-0.25, -0.2) is 4.98 Å². The van der Waals surface area contributed by atoms with Gasteiger partial charge >= 0.3 is 0 Å². The average molecular weight is 262 g/mol. The monoisotopic (exact) mass is 262 g/mol. The van der Waals surface area contributed by atoms with Crippen molar-refractivity contribution in [1.82, 2.24) is 15.4 Å². The van der Waals surface area contributed by atoms with Gasteiger partial charge in [0.1, 0.15) is 0 Å². The molecule has 0 saturated heterocycles. The molecule has 2 aromatic rings. The van der Waals surface area contributed by atoms with Gasteiger partial charge in [0, 0.05) is 24.2 Å². The maximum absolute atomic E-state index is 5.69. The molecule has 96 valence electrons. The second-order valence-electron chi connectivity index (χ2n) is 4.21. The molecule has 2 heterocycles. The van der Waals surface area contributed by atoms with Crippen molar-refractivity contribution in [1.29, 1.82) is 0 Å². The highest BCUT2D eigenvalue weighted by Crippen LogP contribution is 2.22. The molecule has 1 unspecified atom stereocenters. The van der Waals surface area contributed by atoms with Crippen LogP contribution in [-0.2, 0) is 12.8 Å². The average Bonchev–Trinajstić information content (AvgIpc) is 2.81. The fraction of sp³-hybridized carbons (Fsp3) is 0.385. The molecule has 0 spiro atoms. The van der Waals surface area contributed by atoms with E-state index in [0.717, 1.165) is 23.5 Å². The molecule has 0 fully saturated rings. The Morgan fingerprint density at radius 1 is 1.50 bits per heavy atom. The van der Waals surface area contributed by atoms with E-state index < -0.39 is 0 Å². The van der Waals surface area contributed by atoms with Crippen molar-refractivity contribution in [3.63, 3.8) is 0 Å². The van der Waals surface area contributed by atoms with Crippen molar-refractivity contribution in [2.24, 2.45) is 5.84 Å². The molecular weight excluding hydrogens is 244 g/mol. The molecule has 0 aliphatic rings. The number of nitrogens with one attached hydrogen (secondary N) is 1. The van der Waals surface area contributed by atoms with Crippen molar-refractivity contribution < 1.29 is 0 Å². The van der Waals surface area contributed by atoms with Crippen molar-refractivity contribution in [2.75, 3.05) is 0 Å². The van der Waals surface area contributed by atoms with Crippen molar-refractivity contribution in [3.8, 4) is 0 Å². The summed E-state index contributed by atoms with van der Waals surface area (Å²) in [4.78, 5) is 8.65. The number of hydrazine groups is 1. The topological polar surface area (TPSA) is 63.8 Å². The molecule has 2 aromatic heterocycles. The molecule has 0 aromatic carbocycles. The van der Waals surface area contributed by atoms with E-state index in [-0.39, 0.29) is 6.04 Å². The minimum atomic E-state index is 0.0875. The molecular formula is C13H18N4S. The second kappa shape index (κ2) is 6.04. The van der Waals surface area contributed by atoms with Gasteiger partial charge in [0.25, 0.3) is 0 Å². The first kappa shape index (κ1) is 13.1. The highest BCUT2D eigenvalue weighted by molar-refractivity contribution is 7.09. The van der Waals surface area contributed by atoms with Crippen LogP contribution in [0.1, 0.15) is 34.8 Å². The van der Waals surface area contributed by atoms with Crippen LogP contribution in [0.4, 0.5) is 0 Å². The van der Waals surface area contributed by atoms with Gasteiger partial charge in [-0.05, 0) is 30.5 Å². The fourth-order valence-electron chi connectivity index (χ4n) is 2.04. The molecule has 0 radical (unpaired) electrons. The zero-order chi connectivity index (χ0) is 13.0. The number of nitrogens with two attached hydrogens (primary N) is 1. The van der Waals surface area contributed by atoms with E-state index >= 15 is 0 Å². The van der Waals surface area contributed by atoms with Crippen LogP contribution >= 0.6 is 11.3 Å². The van der Waals surface area contributed by atoms with Crippen LogP contribution < -0.4 is 11.3 Å². The first-order chi connectivity index (χ1) is 8.74. The van der Waals surface area contributed by atoms with E-state index in [1.165, 1.54) is 11.1 Å². The lowest BCUT2D eigenvalue weighted by atomic mass is 9.98. The molecule has 0 bridgehead atoms. The summed E-state index contributed by atoms with van der Waals surface area (Å²) >= 11 is 1.67. The Morgan fingerprint density at radius 2 is 2.33 bits per heavy atom. The highest BCUT2D eigenvalue weighted by Gasteiger charge is 2.15. The van der Waals surface area contributed by atoms with E-state index in [1.54, 1.807) is 11.3 Å². The molecule has 1 atom stereocenters. The third kappa shape index (κ3) is 2.93. The normalized spacial score (nSPS) is 12.6. The van der Waals surface area contributed by atoms with E-state index in [4.69, 9.17) is 5.84 Å². The molecule has 0 amide bonds. The van der Waals surface area contributed by atoms with Gasteiger partial charge in [-0.15, -0.1) is 11.3 Å². The van der Waals surface area contributed by atoms with E-state index in [9.17, 15) is 0 Å². The van der Waals surface area contributed by atoms with Crippen LogP contribution in [0.25, 0.3) is 0 Å². The van der Waals surface area contributed by atoms with E-state index in [2.05, 4.69) is 27.7 Å². The van der Waals surface area contributed by atoms with Gasteiger partial charge in [-0.2, -0.15) is 0 Å².